The van der Waals surface area contributed by atoms with Crippen LogP contribution in [0.5, 0.6) is 5.75 Å². The fraction of sp³-hybridized carbons (Fsp3) is 0.381. The molecule has 0 unspecified atom stereocenters. The fourth-order valence-corrected chi connectivity index (χ4v) is 3.94. The van der Waals surface area contributed by atoms with E-state index in [1.165, 1.54) is 23.9 Å². The third-order valence-electron chi connectivity index (χ3n) is 5.41. The van der Waals surface area contributed by atoms with E-state index in [0.717, 1.165) is 36.7 Å². The quantitative estimate of drug-likeness (QED) is 0.723. The molecule has 1 aliphatic heterocycles. The Bertz CT molecular complexity index is 862. The van der Waals surface area contributed by atoms with Gasteiger partial charge in [-0.1, -0.05) is 30.3 Å². The van der Waals surface area contributed by atoms with Crippen LogP contribution in [0.15, 0.2) is 48.5 Å². The molecule has 0 saturated carbocycles. The Morgan fingerprint density at radius 2 is 1.76 bits per heavy atom. The number of ether oxygens (including phenoxy) is 1. The van der Waals surface area contributed by atoms with Crippen molar-refractivity contribution in [3.05, 3.63) is 59.9 Å². The standard InChI is InChI=1S/C21H25N3O/c1-23-19-9-5-4-8-18(19)22-21(23)15-24-13-11-16(12-14-24)17-7-3-6-10-20(17)25-2/h3-10,16H,11-15H2,1-2H3. The molecule has 4 heteroatoms. The zero-order valence-corrected chi connectivity index (χ0v) is 15.0. The van der Waals surface area contributed by atoms with Crippen molar-refractivity contribution in [1.82, 2.24) is 14.5 Å². The van der Waals surface area contributed by atoms with Crippen molar-refractivity contribution in [2.45, 2.75) is 25.3 Å². The summed E-state index contributed by atoms with van der Waals surface area (Å²) in [6.45, 7) is 3.13. The zero-order chi connectivity index (χ0) is 17.2. The van der Waals surface area contributed by atoms with Gasteiger partial charge in [-0.2, -0.15) is 0 Å². The smallest absolute Gasteiger partial charge is 0.123 e. The van der Waals surface area contributed by atoms with Crippen LogP contribution >= 0.6 is 0 Å². The monoisotopic (exact) mass is 335 g/mol. The van der Waals surface area contributed by atoms with Gasteiger partial charge in [-0.25, -0.2) is 4.98 Å². The Morgan fingerprint density at radius 1 is 1.04 bits per heavy atom. The lowest BCUT2D eigenvalue weighted by molar-refractivity contribution is 0.197. The number of benzene rings is 2. The van der Waals surface area contributed by atoms with E-state index in [1.807, 2.05) is 6.07 Å². The predicted octanol–water partition coefficient (Wildman–Crippen LogP) is 3.96. The van der Waals surface area contributed by atoms with Gasteiger partial charge in [-0.05, 0) is 55.6 Å². The van der Waals surface area contributed by atoms with Gasteiger partial charge in [0.05, 0.1) is 24.7 Å². The summed E-state index contributed by atoms with van der Waals surface area (Å²) in [5, 5.41) is 0. The molecule has 2 aromatic carbocycles. The van der Waals surface area contributed by atoms with E-state index in [1.54, 1.807) is 7.11 Å². The summed E-state index contributed by atoms with van der Waals surface area (Å²) in [4.78, 5) is 7.33. The summed E-state index contributed by atoms with van der Waals surface area (Å²) in [6, 6.07) is 16.8. The summed E-state index contributed by atoms with van der Waals surface area (Å²) in [6.07, 6.45) is 2.34. The average molecular weight is 335 g/mol. The van der Waals surface area contributed by atoms with Crippen molar-refractivity contribution in [2.24, 2.45) is 7.05 Å². The summed E-state index contributed by atoms with van der Waals surface area (Å²) < 4.78 is 7.77. The van der Waals surface area contributed by atoms with E-state index >= 15 is 0 Å². The van der Waals surface area contributed by atoms with E-state index < -0.39 is 0 Å². The number of aryl methyl sites for hydroxylation is 1. The molecule has 1 fully saturated rings. The van der Waals surface area contributed by atoms with Crippen LogP contribution in [-0.4, -0.2) is 34.7 Å². The number of rotatable bonds is 4. The molecule has 25 heavy (non-hydrogen) atoms. The highest BCUT2D eigenvalue weighted by Crippen LogP contribution is 2.34. The first-order valence-corrected chi connectivity index (χ1v) is 9.02. The molecule has 4 nitrogen and oxygen atoms in total. The van der Waals surface area contributed by atoms with Gasteiger partial charge in [0, 0.05) is 7.05 Å². The number of aromatic nitrogens is 2. The van der Waals surface area contributed by atoms with Crippen molar-refractivity contribution in [2.75, 3.05) is 20.2 Å². The molecule has 130 valence electrons. The van der Waals surface area contributed by atoms with Crippen LogP contribution in [-0.2, 0) is 13.6 Å². The highest BCUT2D eigenvalue weighted by atomic mass is 16.5. The number of hydrogen-bond donors (Lipinski definition) is 0. The minimum Gasteiger partial charge on any atom is -0.496 e. The van der Waals surface area contributed by atoms with Crippen LogP contribution in [0.25, 0.3) is 11.0 Å². The molecule has 0 N–H and O–H groups in total. The van der Waals surface area contributed by atoms with Gasteiger partial charge >= 0.3 is 0 Å². The molecule has 0 amide bonds. The summed E-state index contributed by atoms with van der Waals surface area (Å²) in [5.74, 6) is 2.76. The van der Waals surface area contributed by atoms with Gasteiger partial charge < -0.3 is 9.30 Å². The van der Waals surface area contributed by atoms with Crippen LogP contribution in [0, 0.1) is 0 Å². The molecule has 1 saturated heterocycles. The second kappa shape index (κ2) is 6.89. The molecular weight excluding hydrogens is 310 g/mol. The number of piperidine rings is 1. The number of imidazole rings is 1. The van der Waals surface area contributed by atoms with Crippen molar-refractivity contribution < 1.29 is 4.74 Å². The maximum atomic E-state index is 5.54. The summed E-state index contributed by atoms with van der Waals surface area (Å²) in [7, 11) is 3.88. The molecule has 2 heterocycles. The molecular formula is C21H25N3O. The second-order valence-electron chi connectivity index (χ2n) is 6.87. The third kappa shape index (κ3) is 3.14. The first-order chi connectivity index (χ1) is 12.3. The van der Waals surface area contributed by atoms with Gasteiger partial charge in [0.15, 0.2) is 0 Å². The normalized spacial score (nSPS) is 16.4. The molecule has 0 spiro atoms. The van der Waals surface area contributed by atoms with Crippen LogP contribution in [0.4, 0.5) is 0 Å². The van der Waals surface area contributed by atoms with Crippen molar-refractivity contribution >= 4 is 11.0 Å². The van der Waals surface area contributed by atoms with Crippen molar-refractivity contribution in [3.8, 4) is 5.75 Å². The number of para-hydroxylation sites is 3. The molecule has 0 bridgehead atoms. The Morgan fingerprint density at radius 3 is 2.52 bits per heavy atom. The second-order valence-corrected chi connectivity index (χ2v) is 6.87. The molecule has 1 aliphatic rings. The maximum absolute atomic E-state index is 5.54. The van der Waals surface area contributed by atoms with E-state index in [9.17, 15) is 0 Å². The van der Waals surface area contributed by atoms with Crippen LogP contribution in [0.1, 0.15) is 30.1 Å². The topological polar surface area (TPSA) is 30.3 Å². The zero-order valence-electron chi connectivity index (χ0n) is 15.0. The molecule has 0 aliphatic carbocycles. The van der Waals surface area contributed by atoms with E-state index in [-0.39, 0.29) is 0 Å². The van der Waals surface area contributed by atoms with Crippen LogP contribution < -0.4 is 4.74 Å². The first-order valence-electron chi connectivity index (χ1n) is 9.02. The number of fused-ring (bicyclic) bond motifs is 1. The number of likely N-dealkylation sites (tertiary alicyclic amines) is 1. The predicted molar refractivity (Wildman–Crippen MR) is 101 cm³/mol. The van der Waals surface area contributed by atoms with Crippen molar-refractivity contribution in [1.29, 1.82) is 0 Å². The number of methoxy groups -OCH3 is 1. The van der Waals surface area contributed by atoms with Crippen molar-refractivity contribution in [3.63, 3.8) is 0 Å². The molecule has 0 atom stereocenters. The summed E-state index contributed by atoms with van der Waals surface area (Å²) >= 11 is 0. The van der Waals surface area contributed by atoms with Crippen LogP contribution in [0.3, 0.4) is 0 Å². The average Bonchev–Trinajstić information content (AvgIpc) is 2.98. The van der Waals surface area contributed by atoms with Gasteiger partial charge in [-0.15, -0.1) is 0 Å². The number of hydrogen-bond acceptors (Lipinski definition) is 3. The van der Waals surface area contributed by atoms with E-state index in [0.29, 0.717) is 5.92 Å². The SMILES string of the molecule is COc1ccccc1C1CCN(Cc2nc3ccccc3n2C)CC1. The Balaban J connectivity index is 1.44. The maximum Gasteiger partial charge on any atom is 0.123 e. The highest BCUT2D eigenvalue weighted by Gasteiger charge is 2.23. The first kappa shape index (κ1) is 16.2. The van der Waals surface area contributed by atoms with Crippen LogP contribution in [0.2, 0.25) is 0 Å². The van der Waals surface area contributed by atoms with Gasteiger partial charge in [0.1, 0.15) is 11.6 Å². The Kier molecular flexibility index (Phi) is 4.45. The Labute approximate surface area is 149 Å². The van der Waals surface area contributed by atoms with Gasteiger partial charge in [0.2, 0.25) is 0 Å². The Hall–Kier alpha value is -2.33. The van der Waals surface area contributed by atoms with Gasteiger partial charge in [-0.3, -0.25) is 4.90 Å². The highest BCUT2D eigenvalue weighted by molar-refractivity contribution is 5.75. The lowest BCUT2D eigenvalue weighted by Crippen LogP contribution is -2.33. The molecule has 1 aromatic heterocycles. The number of nitrogens with zero attached hydrogens (tertiary/aromatic N) is 3. The molecule has 0 radical (unpaired) electrons. The largest absolute Gasteiger partial charge is 0.496 e. The van der Waals surface area contributed by atoms with E-state index in [2.05, 4.69) is 59.0 Å². The van der Waals surface area contributed by atoms with Gasteiger partial charge in [0.25, 0.3) is 0 Å². The molecule has 3 aromatic rings. The third-order valence-corrected chi connectivity index (χ3v) is 5.41. The minimum atomic E-state index is 0.591. The lowest BCUT2D eigenvalue weighted by atomic mass is 9.89. The summed E-state index contributed by atoms with van der Waals surface area (Å²) in [5.41, 5.74) is 3.65. The molecule has 4 rings (SSSR count). The lowest BCUT2D eigenvalue weighted by Gasteiger charge is -2.32. The fourth-order valence-electron chi connectivity index (χ4n) is 3.94. The van der Waals surface area contributed by atoms with E-state index in [4.69, 9.17) is 9.72 Å². The minimum absolute atomic E-state index is 0.591.